The van der Waals surface area contributed by atoms with Gasteiger partial charge in [-0.15, -0.1) is 0 Å². The van der Waals surface area contributed by atoms with Crippen LogP contribution in [-0.2, 0) is 14.3 Å². The summed E-state index contributed by atoms with van der Waals surface area (Å²) in [5.41, 5.74) is 3.24. The molecule has 1 saturated heterocycles. The molecule has 0 spiro atoms. The summed E-state index contributed by atoms with van der Waals surface area (Å²) in [7, 11) is 1.56. The maximum atomic E-state index is 13.4. The molecule has 0 bridgehead atoms. The number of carbonyl (C=O) groups is 2. The zero-order valence-corrected chi connectivity index (χ0v) is 18.2. The molecule has 8 nitrogen and oxygen atoms in total. The molecule has 3 heterocycles. The summed E-state index contributed by atoms with van der Waals surface area (Å²) in [6.45, 7) is 3.11. The van der Waals surface area contributed by atoms with Crippen LogP contribution in [0.5, 0.6) is 5.75 Å². The van der Waals surface area contributed by atoms with Crippen molar-refractivity contribution in [3.63, 3.8) is 0 Å². The van der Waals surface area contributed by atoms with Gasteiger partial charge in [-0.3, -0.25) is 19.1 Å². The van der Waals surface area contributed by atoms with Crippen molar-refractivity contribution in [2.24, 2.45) is 0 Å². The Labute approximate surface area is 186 Å². The van der Waals surface area contributed by atoms with Crippen LogP contribution in [0, 0.1) is 6.92 Å². The summed E-state index contributed by atoms with van der Waals surface area (Å²) in [6.07, 6.45) is 1.91. The van der Waals surface area contributed by atoms with Gasteiger partial charge in [-0.25, -0.2) is 4.98 Å². The van der Waals surface area contributed by atoms with Gasteiger partial charge >= 0.3 is 0 Å². The van der Waals surface area contributed by atoms with Gasteiger partial charge in [-0.05, 0) is 49.6 Å². The fourth-order valence-corrected chi connectivity index (χ4v) is 4.56. The molecule has 0 saturated carbocycles. The fraction of sp³-hybridized carbons (Fsp3) is 0.375. The van der Waals surface area contributed by atoms with Gasteiger partial charge in [0.25, 0.3) is 5.91 Å². The fourth-order valence-electron chi connectivity index (χ4n) is 4.56. The molecule has 2 atom stereocenters. The van der Waals surface area contributed by atoms with Crippen LogP contribution in [0.4, 0.5) is 11.6 Å². The maximum absolute atomic E-state index is 13.4. The Morgan fingerprint density at radius 1 is 1.28 bits per heavy atom. The second-order valence-electron chi connectivity index (χ2n) is 8.33. The molecule has 166 valence electrons. The van der Waals surface area contributed by atoms with E-state index in [4.69, 9.17) is 14.5 Å². The van der Waals surface area contributed by atoms with E-state index in [-0.39, 0.29) is 24.3 Å². The number of hydrogen-bond acceptors (Lipinski definition) is 5. The van der Waals surface area contributed by atoms with E-state index < -0.39 is 6.04 Å². The zero-order chi connectivity index (χ0) is 22.2. The Kier molecular flexibility index (Phi) is 5.30. The Bertz CT molecular complexity index is 1180. The molecule has 1 N–H and O–H groups in total. The number of nitrogens with zero attached hydrogens (tertiary/aromatic N) is 3. The van der Waals surface area contributed by atoms with Crippen LogP contribution in [0.25, 0.3) is 11.0 Å². The number of anilines is 2. The third-order valence-corrected chi connectivity index (χ3v) is 6.10. The van der Waals surface area contributed by atoms with E-state index in [1.807, 2.05) is 54.0 Å². The molecule has 8 heteroatoms. The van der Waals surface area contributed by atoms with Gasteiger partial charge < -0.3 is 14.8 Å². The molecule has 2 aliphatic heterocycles. The SMILES string of the molecule is COc1ccc(C)cc1NC(=O)C[C@H]1C(=O)N(C[C@@H]2CCCO2)c2nc3ccccc3n21. The number of fused-ring (bicyclic) bond motifs is 3. The molecular formula is C24H26N4O4. The number of para-hydroxylation sites is 2. The number of aromatic nitrogens is 2. The van der Waals surface area contributed by atoms with E-state index in [1.54, 1.807) is 12.0 Å². The van der Waals surface area contributed by atoms with Crippen molar-refractivity contribution in [2.45, 2.75) is 38.3 Å². The topological polar surface area (TPSA) is 85.7 Å². The van der Waals surface area contributed by atoms with Gasteiger partial charge in [0.15, 0.2) is 0 Å². The van der Waals surface area contributed by atoms with Crippen molar-refractivity contribution in [1.82, 2.24) is 9.55 Å². The summed E-state index contributed by atoms with van der Waals surface area (Å²) in [5, 5.41) is 2.92. The van der Waals surface area contributed by atoms with Crippen LogP contribution >= 0.6 is 0 Å². The van der Waals surface area contributed by atoms with E-state index in [1.165, 1.54) is 0 Å². The average molecular weight is 434 g/mol. The molecule has 0 aliphatic carbocycles. The molecule has 0 unspecified atom stereocenters. The van der Waals surface area contributed by atoms with Crippen molar-refractivity contribution < 1.29 is 19.1 Å². The number of rotatable bonds is 6. The van der Waals surface area contributed by atoms with Gasteiger partial charge in [0.2, 0.25) is 11.9 Å². The van der Waals surface area contributed by atoms with E-state index in [9.17, 15) is 9.59 Å². The van der Waals surface area contributed by atoms with Gasteiger partial charge in [-0.2, -0.15) is 0 Å². The lowest BCUT2D eigenvalue weighted by atomic mass is 10.1. The monoisotopic (exact) mass is 434 g/mol. The van der Waals surface area contributed by atoms with Crippen LogP contribution in [0.3, 0.4) is 0 Å². The highest BCUT2D eigenvalue weighted by atomic mass is 16.5. The first-order valence-electron chi connectivity index (χ1n) is 10.9. The Morgan fingerprint density at radius 2 is 2.12 bits per heavy atom. The van der Waals surface area contributed by atoms with Crippen molar-refractivity contribution in [2.75, 3.05) is 30.5 Å². The minimum atomic E-state index is -0.658. The first kappa shape index (κ1) is 20.5. The van der Waals surface area contributed by atoms with Crippen molar-refractivity contribution >= 4 is 34.5 Å². The molecule has 2 aliphatic rings. The van der Waals surface area contributed by atoms with Gasteiger partial charge in [0.05, 0.1) is 42.9 Å². The second kappa shape index (κ2) is 8.27. The molecule has 5 rings (SSSR count). The summed E-state index contributed by atoms with van der Waals surface area (Å²) in [5.74, 6) is 0.781. The zero-order valence-electron chi connectivity index (χ0n) is 18.2. The number of ether oxygens (including phenoxy) is 2. The average Bonchev–Trinajstić information content (AvgIpc) is 3.48. The van der Waals surface area contributed by atoms with Crippen molar-refractivity contribution in [1.29, 1.82) is 0 Å². The first-order chi connectivity index (χ1) is 15.5. The van der Waals surface area contributed by atoms with E-state index >= 15 is 0 Å². The number of benzene rings is 2. The Balaban J connectivity index is 1.44. The normalized spacial score (nSPS) is 20.1. The molecule has 32 heavy (non-hydrogen) atoms. The number of amides is 2. The highest BCUT2D eigenvalue weighted by Crippen LogP contribution is 2.37. The maximum Gasteiger partial charge on any atom is 0.253 e. The van der Waals surface area contributed by atoms with Crippen molar-refractivity contribution in [3.8, 4) is 5.75 Å². The number of hydrogen-bond donors (Lipinski definition) is 1. The second-order valence-corrected chi connectivity index (χ2v) is 8.33. The van der Waals surface area contributed by atoms with E-state index in [0.29, 0.717) is 30.5 Å². The Hall–Kier alpha value is -3.39. The van der Waals surface area contributed by atoms with E-state index in [0.717, 1.165) is 29.4 Å². The Morgan fingerprint density at radius 3 is 2.91 bits per heavy atom. The quantitative estimate of drug-likeness (QED) is 0.642. The minimum Gasteiger partial charge on any atom is -0.495 e. The molecule has 1 fully saturated rings. The number of carbonyl (C=O) groups excluding carboxylic acids is 2. The third kappa shape index (κ3) is 3.60. The molecule has 1 aromatic heterocycles. The lowest BCUT2D eigenvalue weighted by molar-refractivity contribution is -0.124. The summed E-state index contributed by atoms with van der Waals surface area (Å²) >= 11 is 0. The summed E-state index contributed by atoms with van der Waals surface area (Å²) in [6, 6.07) is 12.6. The predicted octanol–water partition coefficient (Wildman–Crippen LogP) is 3.45. The standard InChI is InChI=1S/C24H26N4O4/c1-15-9-10-21(31-2)18(12-15)25-22(29)13-20-23(30)27(14-16-6-5-11-32-16)24-26-17-7-3-4-8-19(17)28(20)24/h3-4,7-10,12,16,20H,5-6,11,13-14H2,1-2H3,(H,25,29)/t16-,20-/m0/s1. The van der Waals surface area contributed by atoms with Crippen LogP contribution in [-0.4, -0.2) is 47.7 Å². The van der Waals surface area contributed by atoms with Crippen molar-refractivity contribution in [3.05, 3.63) is 48.0 Å². The van der Waals surface area contributed by atoms with Crippen LogP contribution in [0.2, 0.25) is 0 Å². The largest absolute Gasteiger partial charge is 0.495 e. The number of nitrogens with one attached hydrogen (secondary N) is 1. The lowest BCUT2D eigenvalue weighted by Gasteiger charge is -2.19. The highest BCUT2D eigenvalue weighted by Gasteiger charge is 2.42. The molecule has 2 amide bonds. The van der Waals surface area contributed by atoms with E-state index in [2.05, 4.69) is 5.32 Å². The van der Waals surface area contributed by atoms with Crippen LogP contribution < -0.4 is 15.0 Å². The van der Waals surface area contributed by atoms with Gasteiger partial charge in [-0.1, -0.05) is 18.2 Å². The minimum absolute atomic E-state index is 0.00339. The molecule has 0 radical (unpaired) electrons. The van der Waals surface area contributed by atoms with Crippen LogP contribution in [0.15, 0.2) is 42.5 Å². The summed E-state index contributed by atoms with van der Waals surface area (Å²) < 4.78 is 13.0. The molecule has 3 aromatic rings. The van der Waals surface area contributed by atoms with Crippen LogP contribution in [0.1, 0.15) is 30.9 Å². The molecule has 2 aromatic carbocycles. The summed E-state index contributed by atoms with van der Waals surface area (Å²) in [4.78, 5) is 32.8. The van der Waals surface area contributed by atoms with Gasteiger partial charge in [0.1, 0.15) is 11.8 Å². The number of methoxy groups -OCH3 is 1. The molecular weight excluding hydrogens is 408 g/mol. The number of imidazole rings is 1. The first-order valence-corrected chi connectivity index (χ1v) is 10.9. The smallest absolute Gasteiger partial charge is 0.253 e. The third-order valence-electron chi connectivity index (χ3n) is 6.10. The number of aryl methyl sites for hydroxylation is 1. The highest BCUT2D eigenvalue weighted by molar-refractivity contribution is 6.05. The predicted molar refractivity (Wildman–Crippen MR) is 121 cm³/mol. The lowest BCUT2D eigenvalue weighted by Crippen LogP contribution is -2.37. The van der Waals surface area contributed by atoms with Gasteiger partial charge in [0, 0.05) is 6.61 Å².